The van der Waals surface area contributed by atoms with Crippen molar-refractivity contribution in [3.05, 3.63) is 84.7 Å². The Hall–Kier alpha value is -2.58. The molecule has 2 N–H and O–H groups in total. The molecule has 1 aliphatic heterocycles. The van der Waals surface area contributed by atoms with E-state index in [0.29, 0.717) is 12.5 Å². The SMILES string of the molecule is O=S(O)N[C@H]1CCCN(c2cncc(-c3ccccc3)c2)[C@H]1COC1CCC(c2ccccc2)CC1. The second-order valence-electron chi connectivity index (χ2n) is 9.89. The van der Waals surface area contributed by atoms with Gasteiger partial charge in [0, 0.05) is 24.3 Å². The van der Waals surface area contributed by atoms with Gasteiger partial charge < -0.3 is 9.64 Å². The lowest BCUT2D eigenvalue weighted by atomic mass is 9.83. The Morgan fingerprint density at radius 2 is 1.67 bits per heavy atom. The summed E-state index contributed by atoms with van der Waals surface area (Å²) in [4.78, 5) is 6.84. The quantitative estimate of drug-likeness (QED) is 0.392. The number of benzene rings is 2. The third-order valence-electron chi connectivity index (χ3n) is 7.64. The number of piperidine rings is 1. The molecular formula is C29H35N3O3S. The lowest BCUT2D eigenvalue weighted by Gasteiger charge is -2.43. The molecule has 2 fully saturated rings. The van der Waals surface area contributed by atoms with Crippen molar-refractivity contribution in [2.24, 2.45) is 0 Å². The maximum atomic E-state index is 11.7. The Balaban J connectivity index is 1.28. The van der Waals surface area contributed by atoms with E-state index in [-0.39, 0.29) is 18.2 Å². The number of hydrogen-bond donors (Lipinski definition) is 2. The van der Waals surface area contributed by atoms with E-state index in [1.165, 1.54) is 5.56 Å². The predicted molar refractivity (Wildman–Crippen MR) is 145 cm³/mol. The molecule has 2 aromatic carbocycles. The minimum Gasteiger partial charge on any atom is -0.376 e. The second kappa shape index (κ2) is 12.1. The van der Waals surface area contributed by atoms with E-state index in [1.54, 1.807) is 0 Å². The molecule has 1 aromatic heterocycles. The molecule has 1 unspecified atom stereocenters. The number of hydrogen-bond acceptors (Lipinski definition) is 4. The first kappa shape index (κ1) is 25.1. The molecule has 190 valence electrons. The minimum absolute atomic E-state index is 0.0467. The summed E-state index contributed by atoms with van der Waals surface area (Å²) in [5.74, 6) is 0.607. The average Bonchev–Trinajstić information content (AvgIpc) is 2.93. The highest BCUT2D eigenvalue weighted by Crippen LogP contribution is 2.35. The number of rotatable bonds is 8. The van der Waals surface area contributed by atoms with E-state index in [9.17, 15) is 8.76 Å². The number of aromatic nitrogens is 1. The van der Waals surface area contributed by atoms with Gasteiger partial charge in [-0.15, -0.1) is 0 Å². The summed E-state index contributed by atoms with van der Waals surface area (Å²) >= 11 is -2.07. The Bertz CT molecular complexity index is 1120. The van der Waals surface area contributed by atoms with Crippen molar-refractivity contribution in [2.45, 2.75) is 62.6 Å². The van der Waals surface area contributed by atoms with E-state index < -0.39 is 11.3 Å². The molecule has 3 aromatic rings. The number of pyridine rings is 1. The van der Waals surface area contributed by atoms with Crippen LogP contribution >= 0.6 is 0 Å². The van der Waals surface area contributed by atoms with Crippen molar-refractivity contribution in [2.75, 3.05) is 18.1 Å². The van der Waals surface area contributed by atoms with Crippen LogP contribution in [-0.2, 0) is 16.0 Å². The number of anilines is 1. The normalized spacial score (nSPS) is 25.4. The van der Waals surface area contributed by atoms with Crippen LogP contribution < -0.4 is 9.62 Å². The molecule has 2 aliphatic rings. The first-order valence-corrected chi connectivity index (χ1v) is 14.1. The number of nitrogens with zero attached hydrogens (tertiary/aromatic N) is 2. The summed E-state index contributed by atoms with van der Waals surface area (Å²) in [6, 6.07) is 23.0. The molecule has 5 rings (SSSR count). The van der Waals surface area contributed by atoms with Crippen LogP contribution in [0.3, 0.4) is 0 Å². The van der Waals surface area contributed by atoms with Gasteiger partial charge in [-0.2, -0.15) is 0 Å². The van der Waals surface area contributed by atoms with Gasteiger partial charge in [-0.1, -0.05) is 60.7 Å². The van der Waals surface area contributed by atoms with Crippen LogP contribution in [0.4, 0.5) is 5.69 Å². The Labute approximate surface area is 216 Å². The zero-order chi connectivity index (χ0) is 24.7. The zero-order valence-corrected chi connectivity index (χ0v) is 21.4. The summed E-state index contributed by atoms with van der Waals surface area (Å²) < 4.78 is 30.7. The van der Waals surface area contributed by atoms with Crippen LogP contribution in [-0.4, -0.2) is 45.1 Å². The molecular weight excluding hydrogens is 470 g/mol. The highest BCUT2D eigenvalue weighted by molar-refractivity contribution is 7.77. The molecule has 1 saturated heterocycles. The molecule has 0 radical (unpaired) electrons. The van der Waals surface area contributed by atoms with Crippen LogP contribution in [0.15, 0.2) is 79.1 Å². The minimum atomic E-state index is -2.07. The molecule has 6 nitrogen and oxygen atoms in total. The number of ether oxygens (including phenoxy) is 1. The average molecular weight is 506 g/mol. The highest BCUT2D eigenvalue weighted by atomic mass is 32.2. The van der Waals surface area contributed by atoms with Crippen LogP contribution in [0.5, 0.6) is 0 Å². The molecule has 7 heteroatoms. The van der Waals surface area contributed by atoms with Gasteiger partial charge in [-0.3, -0.25) is 9.54 Å². The largest absolute Gasteiger partial charge is 0.376 e. The summed E-state index contributed by atoms with van der Waals surface area (Å²) in [7, 11) is 0. The van der Waals surface area contributed by atoms with Gasteiger partial charge in [0.2, 0.25) is 11.3 Å². The van der Waals surface area contributed by atoms with Crippen molar-refractivity contribution in [1.29, 1.82) is 0 Å². The molecule has 0 bridgehead atoms. The third kappa shape index (κ3) is 6.21. The second-order valence-corrected chi connectivity index (χ2v) is 10.6. The Morgan fingerprint density at radius 3 is 2.39 bits per heavy atom. The van der Waals surface area contributed by atoms with Gasteiger partial charge in [-0.05, 0) is 61.6 Å². The molecule has 1 aliphatic carbocycles. The molecule has 1 saturated carbocycles. The van der Waals surface area contributed by atoms with Crippen molar-refractivity contribution >= 4 is 17.0 Å². The highest BCUT2D eigenvalue weighted by Gasteiger charge is 2.34. The fourth-order valence-electron chi connectivity index (χ4n) is 5.75. The van der Waals surface area contributed by atoms with E-state index in [1.807, 2.05) is 30.6 Å². The molecule has 2 heterocycles. The monoisotopic (exact) mass is 505 g/mol. The van der Waals surface area contributed by atoms with Crippen LogP contribution in [0.2, 0.25) is 0 Å². The molecule has 0 spiro atoms. The van der Waals surface area contributed by atoms with Gasteiger partial charge in [0.05, 0.1) is 30.6 Å². The van der Waals surface area contributed by atoms with E-state index >= 15 is 0 Å². The fourth-order valence-corrected chi connectivity index (χ4v) is 6.28. The van der Waals surface area contributed by atoms with E-state index in [0.717, 1.165) is 61.9 Å². The summed E-state index contributed by atoms with van der Waals surface area (Å²) in [5, 5.41) is 0. The lowest BCUT2D eigenvalue weighted by Crippen LogP contribution is -2.57. The first-order chi connectivity index (χ1) is 17.7. The smallest absolute Gasteiger partial charge is 0.232 e. The third-order valence-corrected chi connectivity index (χ3v) is 8.15. The van der Waals surface area contributed by atoms with Crippen LogP contribution in [0.25, 0.3) is 11.1 Å². The van der Waals surface area contributed by atoms with Crippen molar-refractivity contribution in [3.8, 4) is 11.1 Å². The van der Waals surface area contributed by atoms with Gasteiger partial charge in [0.1, 0.15) is 0 Å². The van der Waals surface area contributed by atoms with E-state index in [4.69, 9.17) is 4.74 Å². The Kier molecular flexibility index (Phi) is 8.43. The zero-order valence-electron chi connectivity index (χ0n) is 20.5. The van der Waals surface area contributed by atoms with Crippen molar-refractivity contribution in [1.82, 2.24) is 9.71 Å². The number of nitrogens with one attached hydrogen (secondary N) is 1. The molecule has 3 atom stereocenters. The topological polar surface area (TPSA) is 74.7 Å². The maximum absolute atomic E-state index is 11.7. The molecule has 36 heavy (non-hydrogen) atoms. The summed E-state index contributed by atoms with van der Waals surface area (Å²) in [6.45, 7) is 1.38. The Morgan fingerprint density at radius 1 is 0.944 bits per heavy atom. The van der Waals surface area contributed by atoms with Crippen LogP contribution in [0.1, 0.15) is 50.0 Å². The van der Waals surface area contributed by atoms with Gasteiger partial charge in [-0.25, -0.2) is 8.93 Å². The van der Waals surface area contributed by atoms with Crippen molar-refractivity contribution in [3.63, 3.8) is 0 Å². The lowest BCUT2D eigenvalue weighted by molar-refractivity contribution is 0.0102. The summed E-state index contributed by atoms with van der Waals surface area (Å²) in [6.07, 6.45) is 10.1. The molecule has 0 amide bonds. The van der Waals surface area contributed by atoms with Crippen LogP contribution in [0, 0.1) is 0 Å². The first-order valence-electron chi connectivity index (χ1n) is 13.0. The van der Waals surface area contributed by atoms with Gasteiger partial charge in [0.15, 0.2) is 0 Å². The van der Waals surface area contributed by atoms with Gasteiger partial charge in [0.25, 0.3) is 0 Å². The maximum Gasteiger partial charge on any atom is 0.232 e. The standard InChI is InChI=1S/C29H35N3O3S/c33-36(34)31-28-12-7-17-32(26-18-25(19-30-20-26)23-10-5-2-6-11-23)29(28)21-35-27-15-13-24(14-16-27)22-8-3-1-4-9-22/h1-6,8-11,18-20,24,27-29,31H,7,12-17,21H2,(H,33,34)/t24?,27?,28-,29-/m0/s1. The van der Waals surface area contributed by atoms with E-state index in [2.05, 4.69) is 63.1 Å². The van der Waals surface area contributed by atoms with Gasteiger partial charge >= 0.3 is 0 Å². The predicted octanol–water partition coefficient (Wildman–Crippen LogP) is 5.56. The van der Waals surface area contributed by atoms with Crippen molar-refractivity contribution < 1.29 is 13.5 Å². The summed E-state index contributed by atoms with van der Waals surface area (Å²) in [5.41, 5.74) is 4.63. The fraction of sp³-hybridized carbons (Fsp3) is 0.414.